The Bertz CT molecular complexity index is 334. The highest BCUT2D eigenvalue weighted by Crippen LogP contribution is 2.22. The third-order valence-corrected chi connectivity index (χ3v) is 2.22. The lowest BCUT2D eigenvalue weighted by Gasteiger charge is -2.09. The van der Waals surface area contributed by atoms with Crippen LogP contribution < -0.4 is 11.5 Å². The van der Waals surface area contributed by atoms with Gasteiger partial charge in [0.1, 0.15) is 5.78 Å². The highest BCUT2D eigenvalue weighted by molar-refractivity contribution is 5.83. The Morgan fingerprint density at radius 1 is 1.31 bits per heavy atom. The van der Waals surface area contributed by atoms with E-state index in [1.807, 2.05) is 13.0 Å². The van der Waals surface area contributed by atoms with Crippen LogP contribution in [0.2, 0.25) is 0 Å². The van der Waals surface area contributed by atoms with E-state index in [0.29, 0.717) is 11.4 Å². The van der Waals surface area contributed by atoms with Gasteiger partial charge in [-0.25, -0.2) is 0 Å². The Labute approximate surface area is 77.7 Å². The molecule has 3 heteroatoms. The van der Waals surface area contributed by atoms with Gasteiger partial charge in [-0.3, -0.25) is 4.79 Å². The van der Waals surface area contributed by atoms with Gasteiger partial charge >= 0.3 is 0 Å². The maximum absolute atomic E-state index is 11.1. The minimum Gasteiger partial charge on any atom is -0.397 e. The first-order valence-electron chi connectivity index (χ1n) is 4.17. The number of hydrogen-bond donors (Lipinski definition) is 2. The van der Waals surface area contributed by atoms with E-state index in [1.165, 1.54) is 0 Å². The van der Waals surface area contributed by atoms with E-state index in [9.17, 15) is 4.79 Å². The number of rotatable bonds is 2. The molecule has 4 N–H and O–H groups in total. The molecule has 0 radical (unpaired) electrons. The molecule has 0 spiro atoms. The molecule has 0 fully saturated rings. The fourth-order valence-electron chi connectivity index (χ4n) is 1.10. The predicted octanol–water partition coefficient (Wildman–Crippen LogP) is 1.54. The Balaban J connectivity index is 3.03. The molecule has 0 amide bonds. The van der Waals surface area contributed by atoms with E-state index in [2.05, 4.69) is 0 Å². The summed E-state index contributed by atoms with van der Waals surface area (Å²) in [7, 11) is 0. The largest absolute Gasteiger partial charge is 0.397 e. The standard InChI is InChI=1S/C10H14N2O/c1-6(7(2)13)8-3-4-9(11)10(12)5-8/h3-6H,11-12H2,1-2H3. The Morgan fingerprint density at radius 2 is 1.92 bits per heavy atom. The van der Waals surface area contributed by atoms with Crippen LogP contribution in [0.25, 0.3) is 0 Å². The second-order valence-electron chi connectivity index (χ2n) is 3.22. The van der Waals surface area contributed by atoms with Crippen LogP contribution in [0.15, 0.2) is 18.2 Å². The maximum atomic E-state index is 11.1. The van der Waals surface area contributed by atoms with Crippen molar-refractivity contribution in [3.63, 3.8) is 0 Å². The Hall–Kier alpha value is -1.51. The van der Waals surface area contributed by atoms with E-state index in [-0.39, 0.29) is 11.7 Å². The van der Waals surface area contributed by atoms with Gasteiger partial charge in [-0.1, -0.05) is 13.0 Å². The van der Waals surface area contributed by atoms with Crippen LogP contribution in [0.1, 0.15) is 25.3 Å². The summed E-state index contributed by atoms with van der Waals surface area (Å²) >= 11 is 0. The van der Waals surface area contributed by atoms with Crippen LogP contribution in [0.4, 0.5) is 11.4 Å². The quantitative estimate of drug-likeness (QED) is 0.675. The SMILES string of the molecule is CC(=O)C(C)c1ccc(N)c(N)c1. The monoisotopic (exact) mass is 178 g/mol. The second kappa shape index (κ2) is 3.47. The predicted molar refractivity (Wildman–Crippen MR) is 54.4 cm³/mol. The molecule has 0 aliphatic rings. The van der Waals surface area contributed by atoms with Crippen molar-refractivity contribution < 1.29 is 4.79 Å². The van der Waals surface area contributed by atoms with Gasteiger partial charge in [0.15, 0.2) is 0 Å². The van der Waals surface area contributed by atoms with Crippen LogP contribution in [0.3, 0.4) is 0 Å². The molecule has 0 aromatic heterocycles. The Morgan fingerprint density at radius 3 is 2.38 bits per heavy atom. The Kier molecular flexibility index (Phi) is 2.56. The zero-order valence-electron chi connectivity index (χ0n) is 7.87. The smallest absolute Gasteiger partial charge is 0.136 e. The summed E-state index contributed by atoms with van der Waals surface area (Å²) in [6.45, 7) is 3.42. The second-order valence-corrected chi connectivity index (χ2v) is 3.22. The van der Waals surface area contributed by atoms with Gasteiger partial charge in [0, 0.05) is 5.92 Å². The van der Waals surface area contributed by atoms with Crippen LogP contribution in [0, 0.1) is 0 Å². The lowest BCUT2D eigenvalue weighted by molar-refractivity contribution is -0.118. The molecule has 3 nitrogen and oxygen atoms in total. The molecule has 0 aliphatic carbocycles. The van der Waals surface area contributed by atoms with Gasteiger partial charge in [0.25, 0.3) is 0 Å². The minimum absolute atomic E-state index is 0.108. The van der Waals surface area contributed by atoms with Gasteiger partial charge in [-0.2, -0.15) is 0 Å². The van der Waals surface area contributed by atoms with Gasteiger partial charge in [0.05, 0.1) is 11.4 Å². The summed E-state index contributed by atoms with van der Waals surface area (Å²) in [5.41, 5.74) is 13.2. The average Bonchev–Trinajstić information content (AvgIpc) is 2.08. The first kappa shape index (κ1) is 9.58. The van der Waals surface area contributed by atoms with Crippen molar-refractivity contribution in [2.75, 3.05) is 11.5 Å². The molecule has 0 bridgehead atoms. The third-order valence-electron chi connectivity index (χ3n) is 2.22. The number of Topliss-reactive ketones (excluding diaryl/α,β-unsaturated/α-hetero) is 1. The summed E-state index contributed by atoms with van der Waals surface area (Å²) in [6, 6.07) is 5.31. The topological polar surface area (TPSA) is 69.1 Å². The summed E-state index contributed by atoms with van der Waals surface area (Å²) in [5.74, 6) is 0.0204. The van der Waals surface area contributed by atoms with E-state index < -0.39 is 0 Å². The van der Waals surface area contributed by atoms with E-state index in [1.54, 1.807) is 19.1 Å². The zero-order valence-corrected chi connectivity index (χ0v) is 7.87. The summed E-state index contributed by atoms with van der Waals surface area (Å²) < 4.78 is 0. The number of carbonyl (C=O) groups is 1. The van der Waals surface area contributed by atoms with Crippen molar-refractivity contribution >= 4 is 17.2 Å². The van der Waals surface area contributed by atoms with Crippen molar-refractivity contribution in [1.82, 2.24) is 0 Å². The van der Waals surface area contributed by atoms with Crippen LogP contribution in [-0.2, 0) is 4.79 Å². The van der Waals surface area contributed by atoms with E-state index in [4.69, 9.17) is 11.5 Å². The first-order valence-corrected chi connectivity index (χ1v) is 4.17. The molecule has 1 aromatic rings. The summed E-state index contributed by atoms with van der Waals surface area (Å²) in [5, 5.41) is 0. The highest BCUT2D eigenvalue weighted by Gasteiger charge is 2.10. The van der Waals surface area contributed by atoms with Crippen LogP contribution >= 0.6 is 0 Å². The molecule has 0 saturated heterocycles. The van der Waals surface area contributed by atoms with Crippen molar-refractivity contribution in [1.29, 1.82) is 0 Å². The molecule has 13 heavy (non-hydrogen) atoms. The summed E-state index contributed by atoms with van der Waals surface area (Å²) in [4.78, 5) is 11.1. The highest BCUT2D eigenvalue weighted by atomic mass is 16.1. The number of hydrogen-bond acceptors (Lipinski definition) is 3. The molecule has 1 atom stereocenters. The third kappa shape index (κ3) is 1.99. The average molecular weight is 178 g/mol. The molecule has 1 unspecified atom stereocenters. The summed E-state index contributed by atoms with van der Waals surface area (Å²) in [6.07, 6.45) is 0. The number of benzene rings is 1. The minimum atomic E-state index is -0.108. The molecule has 1 aromatic carbocycles. The molecule has 1 rings (SSSR count). The molecule has 70 valence electrons. The van der Waals surface area contributed by atoms with Gasteiger partial charge in [-0.15, -0.1) is 0 Å². The molecule has 0 heterocycles. The fraction of sp³-hybridized carbons (Fsp3) is 0.300. The normalized spacial score (nSPS) is 12.5. The van der Waals surface area contributed by atoms with Crippen LogP contribution in [-0.4, -0.2) is 5.78 Å². The lowest BCUT2D eigenvalue weighted by atomic mass is 9.97. The molecule has 0 aliphatic heterocycles. The van der Waals surface area contributed by atoms with Crippen LogP contribution in [0.5, 0.6) is 0 Å². The van der Waals surface area contributed by atoms with E-state index in [0.717, 1.165) is 5.56 Å². The molecule has 0 saturated carbocycles. The maximum Gasteiger partial charge on any atom is 0.136 e. The van der Waals surface area contributed by atoms with Gasteiger partial charge in [-0.05, 0) is 24.6 Å². The number of anilines is 2. The van der Waals surface area contributed by atoms with Crippen molar-refractivity contribution in [3.05, 3.63) is 23.8 Å². The first-order chi connectivity index (χ1) is 6.02. The lowest BCUT2D eigenvalue weighted by Crippen LogP contribution is -2.05. The van der Waals surface area contributed by atoms with Crippen molar-refractivity contribution in [2.45, 2.75) is 19.8 Å². The number of carbonyl (C=O) groups excluding carboxylic acids is 1. The number of ketones is 1. The molecular weight excluding hydrogens is 164 g/mol. The molecular formula is C10H14N2O. The van der Waals surface area contributed by atoms with Gasteiger partial charge in [0.2, 0.25) is 0 Å². The number of nitrogens with two attached hydrogens (primary N) is 2. The van der Waals surface area contributed by atoms with E-state index >= 15 is 0 Å². The van der Waals surface area contributed by atoms with Gasteiger partial charge < -0.3 is 11.5 Å². The van der Waals surface area contributed by atoms with Crippen molar-refractivity contribution in [2.24, 2.45) is 0 Å². The fourth-order valence-corrected chi connectivity index (χ4v) is 1.10. The zero-order chi connectivity index (χ0) is 10.0. The van der Waals surface area contributed by atoms with Crippen molar-refractivity contribution in [3.8, 4) is 0 Å². The number of nitrogen functional groups attached to an aromatic ring is 2.